The number of hydrogen-bond acceptors (Lipinski definition) is 4. The number of aromatic nitrogens is 1. The number of nitrogens with one attached hydrogen (secondary N) is 2. The number of pyridine rings is 1. The fourth-order valence-electron chi connectivity index (χ4n) is 2.75. The van der Waals surface area contributed by atoms with Crippen molar-refractivity contribution in [3.05, 3.63) is 23.9 Å². The minimum atomic E-state index is -0.228. The summed E-state index contributed by atoms with van der Waals surface area (Å²) in [6.45, 7) is 4.35. The topological polar surface area (TPSA) is 63.2 Å². The summed E-state index contributed by atoms with van der Waals surface area (Å²) in [5.41, 5.74) is 0.756. The maximum atomic E-state index is 12.5. The molecular weight excluding hydrogens is 254 g/mol. The van der Waals surface area contributed by atoms with Crippen LogP contribution in [0.4, 0.5) is 0 Å². The molecule has 0 saturated carbocycles. The van der Waals surface area contributed by atoms with Gasteiger partial charge in [0, 0.05) is 25.4 Å². The second kappa shape index (κ2) is 6.70. The Hall–Kier alpha value is -1.62. The quantitative estimate of drug-likeness (QED) is 0.827. The molecule has 2 rings (SSSR count). The molecule has 1 aromatic heterocycles. The van der Waals surface area contributed by atoms with E-state index in [1.165, 1.54) is 0 Å². The predicted octanol–water partition coefficient (Wildman–Crippen LogP) is 1.49. The third-order valence-corrected chi connectivity index (χ3v) is 3.91. The third kappa shape index (κ3) is 3.28. The van der Waals surface area contributed by atoms with Crippen molar-refractivity contribution in [2.75, 3.05) is 20.2 Å². The van der Waals surface area contributed by atoms with Gasteiger partial charge in [0.25, 0.3) is 0 Å². The number of carbonyl (C=O) groups excluding carboxylic acids is 1. The monoisotopic (exact) mass is 277 g/mol. The zero-order valence-corrected chi connectivity index (χ0v) is 12.2. The molecule has 5 nitrogen and oxygen atoms in total. The first-order chi connectivity index (χ1) is 9.70. The van der Waals surface area contributed by atoms with Gasteiger partial charge >= 0.3 is 0 Å². The first kappa shape index (κ1) is 14.8. The summed E-state index contributed by atoms with van der Waals surface area (Å²) in [7, 11) is 1.59. The van der Waals surface area contributed by atoms with E-state index in [0.29, 0.717) is 12.4 Å². The van der Waals surface area contributed by atoms with Gasteiger partial charge < -0.3 is 15.4 Å². The van der Waals surface area contributed by atoms with Crippen LogP contribution >= 0.6 is 0 Å². The molecule has 0 radical (unpaired) electrons. The van der Waals surface area contributed by atoms with Gasteiger partial charge in [0.2, 0.25) is 11.8 Å². The van der Waals surface area contributed by atoms with Crippen LogP contribution in [0.5, 0.6) is 5.88 Å². The lowest BCUT2D eigenvalue weighted by Crippen LogP contribution is -2.42. The van der Waals surface area contributed by atoms with E-state index in [1.807, 2.05) is 6.07 Å². The van der Waals surface area contributed by atoms with E-state index in [2.05, 4.69) is 22.5 Å². The van der Waals surface area contributed by atoms with Crippen molar-refractivity contribution >= 4 is 5.91 Å². The zero-order valence-electron chi connectivity index (χ0n) is 12.2. The summed E-state index contributed by atoms with van der Waals surface area (Å²) in [6.07, 6.45) is 4.62. The van der Waals surface area contributed by atoms with E-state index >= 15 is 0 Å². The molecule has 20 heavy (non-hydrogen) atoms. The van der Waals surface area contributed by atoms with Crippen molar-refractivity contribution in [3.63, 3.8) is 0 Å². The van der Waals surface area contributed by atoms with E-state index in [1.54, 1.807) is 19.4 Å². The highest BCUT2D eigenvalue weighted by Crippen LogP contribution is 2.31. The Balaban J connectivity index is 1.93. The Kier molecular flexibility index (Phi) is 4.95. The normalized spacial score (nSPS) is 21.7. The number of ether oxygens (including phenoxy) is 1. The average Bonchev–Trinajstić information content (AvgIpc) is 2.95. The molecule has 1 aliphatic heterocycles. The summed E-state index contributed by atoms with van der Waals surface area (Å²) in [5, 5.41) is 6.35. The van der Waals surface area contributed by atoms with Gasteiger partial charge in [0.05, 0.1) is 12.5 Å². The van der Waals surface area contributed by atoms with Gasteiger partial charge in [0.1, 0.15) is 0 Å². The van der Waals surface area contributed by atoms with Crippen molar-refractivity contribution < 1.29 is 9.53 Å². The van der Waals surface area contributed by atoms with Crippen LogP contribution in [0.2, 0.25) is 0 Å². The first-order valence-electron chi connectivity index (χ1n) is 7.18. The standard InChI is InChI=1S/C15H23N3O2/c1-3-6-15(7-8-16-11-15)14(19)18-10-12-4-5-13(20-2)17-9-12/h4-5,9,16H,3,6-8,10-11H2,1-2H3,(H,18,19). The lowest BCUT2D eigenvalue weighted by atomic mass is 9.81. The van der Waals surface area contributed by atoms with Gasteiger partial charge in [-0.25, -0.2) is 4.98 Å². The van der Waals surface area contributed by atoms with Crippen molar-refractivity contribution in [2.45, 2.75) is 32.7 Å². The Morgan fingerprint density at radius 1 is 1.55 bits per heavy atom. The summed E-state index contributed by atoms with van der Waals surface area (Å²) >= 11 is 0. The Morgan fingerprint density at radius 2 is 2.40 bits per heavy atom. The molecule has 0 aromatic carbocycles. The van der Waals surface area contributed by atoms with E-state index in [4.69, 9.17) is 4.74 Å². The molecule has 2 N–H and O–H groups in total. The van der Waals surface area contributed by atoms with Crippen LogP contribution in [0, 0.1) is 5.41 Å². The molecule has 1 amide bonds. The van der Waals surface area contributed by atoms with Crippen molar-refractivity contribution in [2.24, 2.45) is 5.41 Å². The average molecular weight is 277 g/mol. The van der Waals surface area contributed by atoms with Crippen LogP contribution in [0.15, 0.2) is 18.3 Å². The number of carbonyl (C=O) groups is 1. The number of methoxy groups -OCH3 is 1. The fourth-order valence-corrected chi connectivity index (χ4v) is 2.75. The van der Waals surface area contributed by atoms with E-state index in [0.717, 1.165) is 37.9 Å². The molecule has 1 unspecified atom stereocenters. The molecule has 110 valence electrons. The highest BCUT2D eigenvalue weighted by Gasteiger charge is 2.39. The molecule has 1 saturated heterocycles. The van der Waals surface area contributed by atoms with Gasteiger partial charge in [-0.05, 0) is 24.9 Å². The smallest absolute Gasteiger partial charge is 0.227 e. The Morgan fingerprint density at radius 3 is 2.95 bits per heavy atom. The number of amides is 1. The zero-order chi connectivity index (χ0) is 14.4. The highest BCUT2D eigenvalue weighted by atomic mass is 16.5. The van der Waals surface area contributed by atoms with Crippen LogP contribution < -0.4 is 15.4 Å². The van der Waals surface area contributed by atoms with E-state index in [9.17, 15) is 4.79 Å². The summed E-state index contributed by atoms with van der Waals surface area (Å²) < 4.78 is 5.02. The lowest BCUT2D eigenvalue weighted by molar-refractivity contribution is -0.130. The highest BCUT2D eigenvalue weighted by molar-refractivity contribution is 5.83. The van der Waals surface area contributed by atoms with Crippen molar-refractivity contribution in [3.8, 4) is 5.88 Å². The molecule has 1 atom stereocenters. The SMILES string of the molecule is CCCC1(C(=O)NCc2ccc(OC)nc2)CCNC1. The predicted molar refractivity (Wildman–Crippen MR) is 77.5 cm³/mol. The Labute approximate surface area is 120 Å². The van der Waals surface area contributed by atoms with Crippen molar-refractivity contribution in [1.82, 2.24) is 15.6 Å². The third-order valence-electron chi connectivity index (χ3n) is 3.91. The van der Waals surface area contributed by atoms with Crippen LogP contribution in [0.1, 0.15) is 31.7 Å². The maximum Gasteiger partial charge on any atom is 0.227 e. The van der Waals surface area contributed by atoms with Crippen molar-refractivity contribution in [1.29, 1.82) is 0 Å². The minimum Gasteiger partial charge on any atom is -0.481 e. The molecule has 1 aliphatic rings. The van der Waals surface area contributed by atoms with Gasteiger partial charge in [-0.1, -0.05) is 19.4 Å². The molecule has 1 aromatic rings. The van der Waals surface area contributed by atoms with Crippen LogP contribution in [0.25, 0.3) is 0 Å². The molecular formula is C15H23N3O2. The van der Waals surface area contributed by atoms with Gasteiger partial charge in [-0.2, -0.15) is 0 Å². The summed E-state index contributed by atoms with van der Waals surface area (Å²) in [4.78, 5) is 16.6. The second-order valence-corrected chi connectivity index (χ2v) is 5.35. The summed E-state index contributed by atoms with van der Waals surface area (Å²) in [5.74, 6) is 0.739. The molecule has 0 bridgehead atoms. The molecule has 5 heteroatoms. The minimum absolute atomic E-state index is 0.153. The maximum absolute atomic E-state index is 12.5. The van der Waals surface area contributed by atoms with E-state index < -0.39 is 0 Å². The number of hydrogen-bond donors (Lipinski definition) is 2. The largest absolute Gasteiger partial charge is 0.481 e. The summed E-state index contributed by atoms with van der Waals surface area (Å²) in [6, 6.07) is 3.73. The first-order valence-corrected chi connectivity index (χ1v) is 7.18. The Bertz CT molecular complexity index is 439. The lowest BCUT2D eigenvalue weighted by Gasteiger charge is -2.26. The number of nitrogens with zero attached hydrogens (tertiary/aromatic N) is 1. The molecule has 2 heterocycles. The van der Waals surface area contributed by atoms with E-state index in [-0.39, 0.29) is 11.3 Å². The van der Waals surface area contributed by atoms with Gasteiger partial charge in [-0.15, -0.1) is 0 Å². The fraction of sp³-hybridized carbons (Fsp3) is 0.600. The van der Waals surface area contributed by atoms with Crippen LogP contribution in [-0.4, -0.2) is 31.1 Å². The van der Waals surface area contributed by atoms with Gasteiger partial charge in [-0.3, -0.25) is 4.79 Å². The molecule has 0 aliphatic carbocycles. The second-order valence-electron chi connectivity index (χ2n) is 5.35. The molecule has 0 spiro atoms. The number of rotatable bonds is 6. The van der Waals surface area contributed by atoms with Gasteiger partial charge in [0.15, 0.2) is 0 Å². The molecule has 1 fully saturated rings. The van der Waals surface area contributed by atoms with Crippen LogP contribution in [-0.2, 0) is 11.3 Å². The van der Waals surface area contributed by atoms with Crippen LogP contribution in [0.3, 0.4) is 0 Å².